The first-order chi connectivity index (χ1) is 18.8. The third-order valence-corrected chi connectivity index (χ3v) is 8.12. The maximum absolute atomic E-state index is 14.0. The van der Waals surface area contributed by atoms with E-state index in [1.54, 1.807) is 0 Å². The van der Waals surface area contributed by atoms with Crippen LogP contribution in [-0.4, -0.2) is 47.6 Å². The number of benzene rings is 1. The fourth-order valence-electron chi connectivity index (χ4n) is 4.16. The van der Waals surface area contributed by atoms with Gasteiger partial charge in [-0.25, -0.2) is 13.8 Å². The van der Waals surface area contributed by atoms with Crippen LogP contribution in [-0.2, 0) is 20.6 Å². The standard InChI is InChI=1S/C26H30F5N7O2S/c1-15-18(14-32)20(26(29,30)31)36-21(38-11-6-9-25(27,28)10-12-38)19(15)22(39)35-16-7-5-8-17(13-16)41(4,34)37-23(40)24(2,3)33/h5,7-8,13,34H,6,9-12,33H2,1-4H3,(H,35,39)/t41-/m0/s1. The smallest absolute Gasteiger partial charge is 0.356 e. The fraction of sp³-hybridized carbons (Fsp3) is 0.462. The number of nitriles is 1. The topological polar surface area (TPSA) is 148 Å². The minimum absolute atomic E-state index is 0.0507. The molecular weight excluding hydrogens is 569 g/mol. The summed E-state index contributed by atoms with van der Waals surface area (Å²) < 4.78 is 82.2. The average Bonchev–Trinajstić information content (AvgIpc) is 3.02. The van der Waals surface area contributed by atoms with Gasteiger partial charge in [0.05, 0.1) is 16.7 Å². The van der Waals surface area contributed by atoms with Gasteiger partial charge in [-0.1, -0.05) is 6.07 Å². The van der Waals surface area contributed by atoms with Crippen molar-refractivity contribution in [3.05, 3.63) is 46.6 Å². The number of amides is 2. The molecule has 222 valence electrons. The van der Waals surface area contributed by atoms with Gasteiger partial charge in [0.1, 0.15) is 11.9 Å². The van der Waals surface area contributed by atoms with Gasteiger partial charge >= 0.3 is 6.18 Å². The maximum Gasteiger partial charge on any atom is 0.434 e. The fourth-order valence-corrected chi connectivity index (χ4v) is 5.53. The number of alkyl halides is 5. The zero-order valence-electron chi connectivity index (χ0n) is 22.8. The lowest BCUT2D eigenvalue weighted by Crippen LogP contribution is -2.40. The van der Waals surface area contributed by atoms with E-state index in [-0.39, 0.29) is 41.2 Å². The normalized spacial score (nSPS) is 17.1. The summed E-state index contributed by atoms with van der Waals surface area (Å²) in [7, 11) is -2.81. The molecule has 0 spiro atoms. The Morgan fingerprint density at radius 2 is 1.90 bits per heavy atom. The van der Waals surface area contributed by atoms with E-state index in [9.17, 15) is 36.8 Å². The largest absolute Gasteiger partial charge is 0.434 e. The van der Waals surface area contributed by atoms with Crippen molar-refractivity contribution in [1.29, 1.82) is 10.0 Å². The number of anilines is 2. The molecule has 15 heteroatoms. The average molecular weight is 600 g/mol. The lowest BCUT2D eigenvalue weighted by Gasteiger charge is -2.27. The van der Waals surface area contributed by atoms with Gasteiger partial charge in [0.25, 0.3) is 11.8 Å². The Hall–Kier alpha value is -3.64. The van der Waals surface area contributed by atoms with Gasteiger partial charge < -0.3 is 16.0 Å². The summed E-state index contributed by atoms with van der Waals surface area (Å²) in [5.74, 6) is -5.10. The second-order valence-electron chi connectivity index (χ2n) is 10.4. The van der Waals surface area contributed by atoms with Crippen LogP contribution in [0.2, 0.25) is 0 Å². The van der Waals surface area contributed by atoms with Gasteiger partial charge in [0, 0.05) is 42.8 Å². The molecule has 1 aromatic carbocycles. The second kappa shape index (κ2) is 11.3. The number of halogens is 5. The van der Waals surface area contributed by atoms with Crippen LogP contribution in [0.4, 0.5) is 33.5 Å². The molecule has 4 N–H and O–H groups in total. The summed E-state index contributed by atoms with van der Waals surface area (Å²) in [5.41, 5.74) is 1.56. The highest BCUT2D eigenvalue weighted by molar-refractivity contribution is 7.94. The lowest BCUT2D eigenvalue weighted by atomic mass is 10.00. The summed E-state index contributed by atoms with van der Waals surface area (Å²) in [6.45, 7) is 3.63. The number of nitrogens with one attached hydrogen (secondary N) is 2. The first-order valence-electron chi connectivity index (χ1n) is 12.4. The summed E-state index contributed by atoms with van der Waals surface area (Å²) in [6, 6.07) is 7.34. The van der Waals surface area contributed by atoms with E-state index in [0.29, 0.717) is 0 Å². The molecule has 1 aromatic heterocycles. The van der Waals surface area contributed by atoms with Gasteiger partial charge in [-0.2, -0.15) is 22.8 Å². The van der Waals surface area contributed by atoms with Crippen LogP contribution in [0.25, 0.3) is 0 Å². The Bertz CT molecular complexity index is 1530. The zero-order valence-corrected chi connectivity index (χ0v) is 23.6. The molecule has 3 rings (SSSR count). The van der Waals surface area contributed by atoms with E-state index in [1.165, 1.54) is 62.3 Å². The van der Waals surface area contributed by atoms with E-state index >= 15 is 0 Å². The quantitative estimate of drug-likeness (QED) is 0.386. The van der Waals surface area contributed by atoms with Crippen molar-refractivity contribution in [2.45, 2.75) is 62.6 Å². The minimum Gasteiger partial charge on any atom is -0.356 e. The van der Waals surface area contributed by atoms with Crippen LogP contribution in [0.3, 0.4) is 0 Å². The van der Waals surface area contributed by atoms with Crippen molar-refractivity contribution in [3.63, 3.8) is 0 Å². The van der Waals surface area contributed by atoms with Crippen LogP contribution in [0, 0.1) is 23.0 Å². The van der Waals surface area contributed by atoms with Gasteiger partial charge in [-0.15, -0.1) is 0 Å². The Kier molecular flexibility index (Phi) is 8.81. The molecule has 9 nitrogen and oxygen atoms in total. The number of aromatic nitrogens is 1. The number of hydrogen-bond acceptors (Lipinski definition) is 7. The zero-order chi connectivity index (χ0) is 31.0. The van der Waals surface area contributed by atoms with Crippen molar-refractivity contribution in [1.82, 2.24) is 4.98 Å². The van der Waals surface area contributed by atoms with Crippen molar-refractivity contribution < 1.29 is 31.5 Å². The molecule has 0 radical (unpaired) electrons. The third-order valence-electron chi connectivity index (χ3n) is 6.42. The van der Waals surface area contributed by atoms with E-state index in [2.05, 4.69) is 14.7 Å². The molecule has 2 amide bonds. The third kappa shape index (κ3) is 7.36. The number of nitrogens with two attached hydrogens (primary N) is 1. The number of carbonyl (C=O) groups is 2. The summed E-state index contributed by atoms with van der Waals surface area (Å²) in [5, 5.41) is 12.1. The van der Waals surface area contributed by atoms with E-state index in [0.717, 1.165) is 0 Å². The number of rotatable bonds is 5. The predicted molar refractivity (Wildman–Crippen MR) is 144 cm³/mol. The SMILES string of the molecule is Cc1c(C#N)c(C(F)(F)F)nc(N2CCCC(F)(F)CC2)c1C(=O)Nc1cccc([S@@](C)(=N)=NC(=O)C(C)(C)N)c1. The molecule has 1 aliphatic heterocycles. The molecule has 2 heterocycles. The number of nitrogens with zero attached hydrogens (tertiary/aromatic N) is 4. The summed E-state index contributed by atoms with van der Waals surface area (Å²) in [6.07, 6.45) is -4.78. The molecule has 1 fully saturated rings. The van der Waals surface area contributed by atoms with Gasteiger partial charge in [0.15, 0.2) is 5.69 Å². The molecule has 2 aromatic rings. The molecule has 0 bridgehead atoms. The van der Waals surface area contributed by atoms with Crippen molar-refractivity contribution >= 4 is 32.9 Å². The maximum atomic E-state index is 14.0. The first-order valence-corrected chi connectivity index (χ1v) is 14.4. The Balaban J connectivity index is 2.11. The number of hydrogen-bond donors (Lipinski definition) is 3. The highest BCUT2D eigenvalue weighted by Crippen LogP contribution is 2.38. The molecule has 0 unspecified atom stereocenters. The minimum atomic E-state index is -5.04. The highest BCUT2D eigenvalue weighted by atomic mass is 32.2. The molecule has 41 heavy (non-hydrogen) atoms. The van der Waals surface area contributed by atoms with Crippen LogP contribution in [0.5, 0.6) is 0 Å². The molecule has 1 saturated heterocycles. The monoisotopic (exact) mass is 599 g/mol. The Morgan fingerprint density at radius 1 is 1.24 bits per heavy atom. The highest BCUT2D eigenvalue weighted by Gasteiger charge is 2.40. The van der Waals surface area contributed by atoms with Crippen molar-refractivity contribution in [2.75, 3.05) is 29.6 Å². The number of pyridine rings is 1. The van der Waals surface area contributed by atoms with Gasteiger partial charge in [-0.05, 0) is 60.6 Å². The Labute approximate surface area is 234 Å². The molecule has 0 aliphatic carbocycles. The van der Waals surface area contributed by atoms with Crippen LogP contribution in [0.1, 0.15) is 60.3 Å². The second-order valence-corrected chi connectivity index (χ2v) is 12.8. The molecule has 0 saturated carbocycles. The number of carbonyl (C=O) groups excluding carboxylic acids is 2. The van der Waals surface area contributed by atoms with Gasteiger partial charge in [-0.3, -0.25) is 14.4 Å². The first kappa shape index (κ1) is 31.9. The summed E-state index contributed by atoms with van der Waals surface area (Å²) in [4.78, 5) is 31.0. The lowest BCUT2D eigenvalue weighted by molar-refractivity contribution is -0.141. The molecular formula is C26H30F5N7O2S. The molecule has 1 aliphatic rings. The van der Waals surface area contributed by atoms with E-state index in [4.69, 9.17) is 10.5 Å². The van der Waals surface area contributed by atoms with Crippen molar-refractivity contribution in [3.8, 4) is 6.07 Å². The summed E-state index contributed by atoms with van der Waals surface area (Å²) >= 11 is 0. The van der Waals surface area contributed by atoms with Gasteiger partial charge in [0.2, 0.25) is 5.92 Å². The van der Waals surface area contributed by atoms with Crippen LogP contribution >= 0.6 is 0 Å². The van der Waals surface area contributed by atoms with Crippen LogP contribution in [0.15, 0.2) is 33.5 Å². The Morgan fingerprint density at radius 3 is 2.49 bits per heavy atom. The van der Waals surface area contributed by atoms with Crippen LogP contribution < -0.4 is 16.0 Å². The van der Waals surface area contributed by atoms with E-state index in [1.807, 2.05) is 0 Å². The van der Waals surface area contributed by atoms with Crippen molar-refractivity contribution in [2.24, 2.45) is 10.1 Å². The predicted octanol–water partition coefficient (Wildman–Crippen LogP) is 5.51. The van der Waals surface area contributed by atoms with E-state index < -0.39 is 69.0 Å². The molecule has 1 atom stereocenters.